The number of hydrogen-bond acceptors (Lipinski definition) is 3. The van der Waals surface area contributed by atoms with E-state index in [0.29, 0.717) is 23.8 Å². The van der Waals surface area contributed by atoms with E-state index in [1.165, 1.54) is 18.4 Å². The second-order valence-electron chi connectivity index (χ2n) is 7.32. The summed E-state index contributed by atoms with van der Waals surface area (Å²) in [7, 11) is -3.29. The topological polar surface area (TPSA) is 53.2 Å². The van der Waals surface area contributed by atoms with Crippen molar-refractivity contribution in [3.8, 4) is 0 Å². The molecule has 1 atom stereocenters. The van der Waals surface area contributed by atoms with E-state index in [1.807, 2.05) is 6.07 Å². The maximum Gasteiger partial charge on any atom is 0.175 e. The molecule has 1 saturated heterocycles. The second kappa shape index (κ2) is 5.88. The Morgan fingerprint density at radius 3 is 2.79 bits per heavy atom. The normalized spacial score (nSPS) is 25.4. The van der Waals surface area contributed by atoms with E-state index in [9.17, 15) is 8.42 Å². The van der Waals surface area contributed by atoms with Crippen molar-refractivity contribution in [3.63, 3.8) is 0 Å². The average Bonchev–Trinajstić information content (AvgIpc) is 3.10. The van der Waals surface area contributed by atoms with E-state index in [4.69, 9.17) is 4.11 Å². The molecule has 24 heavy (non-hydrogen) atoms. The van der Waals surface area contributed by atoms with Crippen molar-refractivity contribution in [2.75, 3.05) is 19.8 Å². The largest absolute Gasteiger partial charge is 0.358 e. The van der Waals surface area contributed by atoms with Gasteiger partial charge in [-0.25, -0.2) is 8.42 Å². The lowest BCUT2D eigenvalue weighted by molar-refractivity contribution is 0.308. The number of likely N-dealkylation sites (tertiary alicyclic amines) is 1. The second-order valence-corrected chi connectivity index (χ2v) is 9.33. The van der Waals surface area contributed by atoms with Gasteiger partial charge in [0.15, 0.2) is 9.84 Å². The molecule has 5 heteroatoms. The van der Waals surface area contributed by atoms with E-state index in [1.54, 1.807) is 17.0 Å². The minimum Gasteiger partial charge on any atom is -0.358 e. The van der Waals surface area contributed by atoms with Gasteiger partial charge in [0.25, 0.3) is 0 Å². The minimum absolute atomic E-state index is 0.0304. The first kappa shape index (κ1) is 13.0. The molecule has 0 bridgehead atoms. The van der Waals surface area contributed by atoms with Gasteiger partial charge in [-0.15, -0.1) is 0 Å². The van der Waals surface area contributed by atoms with Gasteiger partial charge in [-0.1, -0.05) is 6.42 Å². The first-order valence-corrected chi connectivity index (χ1v) is 10.6. The molecule has 0 spiro atoms. The van der Waals surface area contributed by atoms with Crippen molar-refractivity contribution >= 4 is 20.7 Å². The van der Waals surface area contributed by atoms with Crippen LogP contribution in [0.15, 0.2) is 23.1 Å². The van der Waals surface area contributed by atoms with Crippen LogP contribution >= 0.6 is 0 Å². The minimum atomic E-state index is -3.29. The van der Waals surface area contributed by atoms with Crippen molar-refractivity contribution in [2.24, 2.45) is 0 Å². The van der Waals surface area contributed by atoms with Gasteiger partial charge < -0.3 is 9.88 Å². The monoisotopic (exact) mass is 349 g/mol. The number of H-pyrrole nitrogens is 1. The summed E-state index contributed by atoms with van der Waals surface area (Å²) in [6.07, 6.45) is 7.09. The summed E-state index contributed by atoms with van der Waals surface area (Å²) < 4.78 is 47.5. The van der Waals surface area contributed by atoms with Gasteiger partial charge in [0.05, 0.1) is 4.90 Å². The molecule has 0 radical (unpaired) electrons. The highest BCUT2D eigenvalue weighted by atomic mass is 32.2. The fourth-order valence-electron chi connectivity index (χ4n) is 4.03. The van der Waals surface area contributed by atoms with Crippen LogP contribution in [0.2, 0.25) is 0 Å². The molecule has 0 unspecified atom stereocenters. The van der Waals surface area contributed by atoms with Crippen molar-refractivity contribution in [1.82, 2.24) is 9.88 Å². The quantitative estimate of drug-likeness (QED) is 0.919. The van der Waals surface area contributed by atoms with E-state index in [-0.39, 0.29) is 6.04 Å². The van der Waals surface area contributed by atoms with Gasteiger partial charge in [0, 0.05) is 33.0 Å². The summed E-state index contributed by atoms with van der Waals surface area (Å²) in [5.41, 5.74) is 3.23. The smallest absolute Gasteiger partial charge is 0.175 e. The molecule has 1 saturated carbocycles. The molecule has 2 heterocycles. The van der Waals surface area contributed by atoms with Gasteiger partial charge in [-0.3, -0.25) is 0 Å². The zero-order valence-electron chi connectivity index (χ0n) is 17.0. The first-order valence-electron chi connectivity index (χ1n) is 10.3. The molecule has 2 aliphatic rings. The van der Waals surface area contributed by atoms with Gasteiger partial charge in [0.2, 0.25) is 0 Å². The molecule has 0 amide bonds. The lowest BCUT2D eigenvalue weighted by atomic mass is 9.80. The molecule has 1 aliphatic heterocycles. The standard InChI is InChI=1S/C19H26N2O2S/c1-21-10-4-7-14(21)11-17-16-12-15(24(2,22)23)8-9-18(16)20-19(17)13-5-3-6-13/h8-9,12-14,20H,3-7,10-11H2,1-2H3/t14-/m1/s1/i1D3. The van der Waals surface area contributed by atoms with E-state index in [2.05, 4.69) is 4.98 Å². The fraction of sp³-hybridized carbons (Fsp3) is 0.579. The summed E-state index contributed by atoms with van der Waals surface area (Å²) in [5.74, 6) is 0.469. The Kier molecular flexibility index (Phi) is 3.17. The number of nitrogens with one attached hydrogen (secondary N) is 1. The molecular formula is C19H26N2O2S. The maximum absolute atomic E-state index is 12.0. The Hall–Kier alpha value is -1.33. The highest BCUT2D eigenvalue weighted by molar-refractivity contribution is 7.90. The molecule has 1 aromatic carbocycles. The third-order valence-corrected chi connectivity index (χ3v) is 6.78. The molecule has 4 rings (SSSR count). The summed E-state index contributed by atoms with van der Waals surface area (Å²) in [6.45, 7) is -1.49. The van der Waals surface area contributed by atoms with Crippen LogP contribution in [-0.2, 0) is 16.3 Å². The average molecular weight is 350 g/mol. The maximum atomic E-state index is 12.0. The number of aromatic nitrogens is 1. The van der Waals surface area contributed by atoms with E-state index in [0.717, 1.165) is 42.1 Å². The Bertz CT molecular complexity index is 961. The Morgan fingerprint density at radius 2 is 2.12 bits per heavy atom. The number of hydrogen-bond donors (Lipinski definition) is 1. The Balaban J connectivity index is 1.79. The molecular weight excluding hydrogens is 320 g/mol. The third-order valence-electron chi connectivity index (χ3n) is 5.67. The highest BCUT2D eigenvalue weighted by Gasteiger charge is 2.29. The zero-order chi connectivity index (χ0) is 19.4. The molecule has 1 aliphatic carbocycles. The van der Waals surface area contributed by atoms with Crippen molar-refractivity contribution in [1.29, 1.82) is 0 Å². The fourth-order valence-corrected chi connectivity index (χ4v) is 4.67. The van der Waals surface area contributed by atoms with Gasteiger partial charge in [-0.2, -0.15) is 0 Å². The SMILES string of the molecule is [2H]C([2H])([2H])N1CCC[C@@H]1Cc1c(C2CCC2)[nH]c2ccc(S(C)(=O)=O)cc12. The number of sulfone groups is 1. The van der Waals surface area contributed by atoms with Gasteiger partial charge in [0.1, 0.15) is 0 Å². The zero-order valence-corrected chi connectivity index (χ0v) is 14.8. The van der Waals surface area contributed by atoms with E-state index < -0.39 is 16.8 Å². The van der Waals surface area contributed by atoms with Crippen LogP contribution in [0.1, 0.15) is 53.4 Å². The lowest BCUT2D eigenvalue weighted by Crippen LogP contribution is -2.27. The Labute approximate surface area is 148 Å². The van der Waals surface area contributed by atoms with Gasteiger partial charge >= 0.3 is 0 Å². The van der Waals surface area contributed by atoms with Crippen LogP contribution in [0, 0.1) is 0 Å². The molecule has 1 aromatic heterocycles. The van der Waals surface area contributed by atoms with Crippen LogP contribution in [0.3, 0.4) is 0 Å². The van der Waals surface area contributed by atoms with E-state index >= 15 is 0 Å². The van der Waals surface area contributed by atoms with Crippen LogP contribution in [0.25, 0.3) is 10.9 Å². The predicted octanol–water partition coefficient (Wildman–Crippen LogP) is 3.48. The molecule has 1 N–H and O–H groups in total. The number of aromatic amines is 1. The third kappa shape index (κ3) is 2.78. The summed E-state index contributed by atoms with van der Waals surface area (Å²) in [6, 6.07) is 5.21. The van der Waals surface area contributed by atoms with Crippen LogP contribution in [0.5, 0.6) is 0 Å². The summed E-state index contributed by atoms with van der Waals surface area (Å²) >= 11 is 0. The lowest BCUT2D eigenvalue weighted by Gasteiger charge is -2.27. The molecule has 130 valence electrons. The van der Waals surface area contributed by atoms with Crippen molar-refractivity contribution in [3.05, 3.63) is 29.5 Å². The number of benzene rings is 1. The van der Waals surface area contributed by atoms with Crippen LogP contribution < -0.4 is 0 Å². The number of nitrogens with zero attached hydrogens (tertiary/aromatic N) is 1. The predicted molar refractivity (Wildman–Crippen MR) is 97.4 cm³/mol. The van der Waals surface area contributed by atoms with Crippen molar-refractivity contribution in [2.45, 2.75) is 55.4 Å². The Morgan fingerprint density at radius 1 is 1.29 bits per heavy atom. The van der Waals surface area contributed by atoms with Crippen LogP contribution in [-0.4, -0.2) is 44.1 Å². The summed E-state index contributed by atoms with van der Waals surface area (Å²) in [5, 5.41) is 0.928. The highest BCUT2D eigenvalue weighted by Crippen LogP contribution is 2.41. The number of rotatable bonds is 4. The summed E-state index contributed by atoms with van der Waals surface area (Å²) in [4.78, 5) is 5.47. The number of fused-ring (bicyclic) bond motifs is 1. The molecule has 4 nitrogen and oxygen atoms in total. The molecule has 2 aromatic rings. The first-order chi connectivity index (χ1) is 12.6. The molecule has 2 fully saturated rings. The van der Waals surface area contributed by atoms with Gasteiger partial charge in [-0.05, 0) is 75.3 Å². The number of likely N-dealkylation sites (N-methyl/N-ethyl adjacent to an activating group) is 1. The van der Waals surface area contributed by atoms with Crippen LogP contribution in [0.4, 0.5) is 0 Å². The van der Waals surface area contributed by atoms with Crippen molar-refractivity contribution < 1.29 is 12.5 Å².